The SMILES string of the molecule is Cc1c(Cl)ncnc1NCC1(C)CCCS1. The third-order valence-electron chi connectivity index (χ3n) is 2.95. The largest absolute Gasteiger partial charge is 0.368 e. The van der Waals surface area contributed by atoms with Crippen molar-refractivity contribution in [2.75, 3.05) is 17.6 Å². The zero-order chi connectivity index (χ0) is 11.6. The number of anilines is 1. The number of thioether (sulfide) groups is 1. The molecule has 0 aromatic carbocycles. The fraction of sp³-hybridized carbons (Fsp3) is 0.636. The van der Waals surface area contributed by atoms with Crippen LogP contribution in [0.15, 0.2) is 6.33 Å². The Bertz CT molecular complexity index is 377. The number of halogens is 1. The summed E-state index contributed by atoms with van der Waals surface area (Å²) in [7, 11) is 0. The van der Waals surface area contributed by atoms with Gasteiger partial charge in [-0.2, -0.15) is 11.8 Å². The van der Waals surface area contributed by atoms with E-state index in [4.69, 9.17) is 11.6 Å². The normalized spacial score (nSPS) is 24.7. The van der Waals surface area contributed by atoms with Gasteiger partial charge in [-0.05, 0) is 32.4 Å². The van der Waals surface area contributed by atoms with E-state index in [2.05, 4.69) is 22.2 Å². The molecule has 2 heterocycles. The molecule has 1 unspecified atom stereocenters. The summed E-state index contributed by atoms with van der Waals surface area (Å²) >= 11 is 7.98. The van der Waals surface area contributed by atoms with Crippen molar-refractivity contribution in [3.63, 3.8) is 0 Å². The zero-order valence-electron chi connectivity index (χ0n) is 9.59. The summed E-state index contributed by atoms with van der Waals surface area (Å²) in [6.07, 6.45) is 4.08. The highest BCUT2D eigenvalue weighted by atomic mass is 35.5. The molecule has 1 aromatic heterocycles. The molecule has 1 fully saturated rings. The highest BCUT2D eigenvalue weighted by Gasteiger charge is 2.29. The molecular formula is C11H16ClN3S. The second kappa shape index (κ2) is 4.80. The molecule has 1 aromatic rings. The maximum Gasteiger partial charge on any atom is 0.137 e. The molecule has 0 bridgehead atoms. The number of rotatable bonds is 3. The highest BCUT2D eigenvalue weighted by Crippen LogP contribution is 2.37. The summed E-state index contributed by atoms with van der Waals surface area (Å²) in [5.74, 6) is 2.12. The smallest absolute Gasteiger partial charge is 0.137 e. The van der Waals surface area contributed by atoms with Crippen LogP contribution in [0.25, 0.3) is 0 Å². The van der Waals surface area contributed by atoms with Crippen molar-refractivity contribution in [1.29, 1.82) is 0 Å². The van der Waals surface area contributed by atoms with Crippen LogP contribution in [0.1, 0.15) is 25.3 Å². The lowest BCUT2D eigenvalue weighted by molar-refractivity contribution is 0.633. The van der Waals surface area contributed by atoms with E-state index >= 15 is 0 Å². The molecule has 0 spiro atoms. The lowest BCUT2D eigenvalue weighted by Gasteiger charge is -2.23. The molecule has 0 aliphatic carbocycles. The topological polar surface area (TPSA) is 37.8 Å². The van der Waals surface area contributed by atoms with Crippen LogP contribution in [-0.4, -0.2) is 27.0 Å². The summed E-state index contributed by atoms with van der Waals surface area (Å²) in [6, 6.07) is 0. The van der Waals surface area contributed by atoms with Gasteiger partial charge in [-0.15, -0.1) is 0 Å². The van der Waals surface area contributed by atoms with E-state index in [1.165, 1.54) is 24.9 Å². The Labute approximate surface area is 105 Å². The summed E-state index contributed by atoms with van der Waals surface area (Å²) in [5, 5.41) is 3.91. The first-order chi connectivity index (χ1) is 7.61. The van der Waals surface area contributed by atoms with Gasteiger partial charge in [-0.1, -0.05) is 11.6 Å². The Kier molecular flexibility index (Phi) is 3.60. The summed E-state index contributed by atoms with van der Waals surface area (Å²) in [5.41, 5.74) is 0.927. The first-order valence-corrected chi connectivity index (χ1v) is 6.82. The predicted molar refractivity (Wildman–Crippen MR) is 70.4 cm³/mol. The van der Waals surface area contributed by atoms with Gasteiger partial charge in [0, 0.05) is 16.9 Å². The van der Waals surface area contributed by atoms with Crippen LogP contribution >= 0.6 is 23.4 Å². The predicted octanol–water partition coefficient (Wildman–Crippen LogP) is 3.14. The van der Waals surface area contributed by atoms with Crippen LogP contribution in [0.5, 0.6) is 0 Å². The van der Waals surface area contributed by atoms with Crippen molar-refractivity contribution in [3.8, 4) is 0 Å². The second-order valence-corrected chi connectivity index (χ2v) is 6.43. The van der Waals surface area contributed by atoms with Crippen molar-refractivity contribution in [3.05, 3.63) is 17.0 Å². The maximum absolute atomic E-state index is 5.95. The van der Waals surface area contributed by atoms with E-state index in [1.54, 1.807) is 0 Å². The highest BCUT2D eigenvalue weighted by molar-refractivity contribution is 8.00. The Balaban J connectivity index is 2.02. The van der Waals surface area contributed by atoms with Crippen LogP contribution in [0.2, 0.25) is 5.15 Å². The van der Waals surface area contributed by atoms with Crippen LogP contribution in [0, 0.1) is 6.92 Å². The van der Waals surface area contributed by atoms with Gasteiger partial charge in [0.15, 0.2) is 0 Å². The molecular weight excluding hydrogens is 242 g/mol. The van der Waals surface area contributed by atoms with Crippen LogP contribution in [0.4, 0.5) is 5.82 Å². The number of nitrogens with one attached hydrogen (secondary N) is 1. The average molecular weight is 258 g/mol. The molecule has 88 valence electrons. The van der Waals surface area contributed by atoms with E-state index in [9.17, 15) is 0 Å². The summed E-state index contributed by atoms with van der Waals surface area (Å²) in [4.78, 5) is 8.16. The molecule has 0 saturated carbocycles. The average Bonchev–Trinajstić information content (AvgIpc) is 2.68. The number of nitrogens with zero attached hydrogens (tertiary/aromatic N) is 2. The van der Waals surface area contributed by atoms with Crippen LogP contribution < -0.4 is 5.32 Å². The monoisotopic (exact) mass is 257 g/mol. The van der Waals surface area contributed by atoms with E-state index in [0.29, 0.717) is 9.90 Å². The van der Waals surface area contributed by atoms with E-state index < -0.39 is 0 Å². The van der Waals surface area contributed by atoms with Gasteiger partial charge >= 0.3 is 0 Å². The molecule has 5 heteroatoms. The van der Waals surface area contributed by atoms with E-state index in [-0.39, 0.29) is 0 Å². The van der Waals surface area contributed by atoms with E-state index in [1.807, 2.05) is 18.7 Å². The van der Waals surface area contributed by atoms with Crippen molar-refractivity contribution < 1.29 is 0 Å². The molecule has 16 heavy (non-hydrogen) atoms. The first kappa shape index (κ1) is 12.0. The number of hydrogen-bond donors (Lipinski definition) is 1. The number of hydrogen-bond acceptors (Lipinski definition) is 4. The van der Waals surface area contributed by atoms with Gasteiger partial charge in [-0.3, -0.25) is 0 Å². The van der Waals surface area contributed by atoms with Gasteiger partial charge in [0.25, 0.3) is 0 Å². The van der Waals surface area contributed by atoms with Gasteiger partial charge in [0.05, 0.1) is 0 Å². The molecule has 0 radical (unpaired) electrons. The molecule has 1 atom stereocenters. The summed E-state index contributed by atoms with van der Waals surface area (Å²) < 4.78 is 0.337. The quantitative estimate of drug-likeness (QED) is 0.845. The third kappa shape index (κ3) is 2.61. The van der Waals surface area contributed by atoms with Crippen LogP contribution in [0.3, 0.4) is 0 Å². The fourth-order valence-corrected chi connectivity index (χ4v) is 3.23. The molecule has 0 amide bonds. The van der Waals surface area contributed by atoms with Gasteiger partial charge in [0.1, 0.15) is 17.3 Å². The Hall–Kier alpha value is -0.480. The molecule has 2 rings (SSSR count). The molecule has 1 aliphatic rings. The molecule has 1 aliphatic heterocycles. The first-order valence-electron chi connectivity index (χ1n) is 5.46. The minimum Gasteiger partial charge on any atom is -0.368 e. The van der Waals surface area contributed by atoms with E-state index in [0.717, 1.165) is 17.9 Å². The molecule has 1 N–H and O–H groups in total. The van der Waals surface area contributed by atoms with Gasteiger partial charge in [0.2, 0.25) is 0 Å². The van der Waals surface area contributed by atoms with Gasteiger partial charge < -0.3 is 5.32 Å². The van der Waals surface area contributed by atoms with Crippen LogP contribution in [-0.2, 0) is 0 Å². The number of aromatic nitrogens is 2. The minimum absolute atomic E-state index is 0.337. The molecule has 1 saturated heterocycles. The maximum atomic E-state index is 5.95. The van der Waals surface area contributed by atoms with Gasteiger partial charge in [-0.25, -0.2) is 9.97 Å². The van der Waals surface area contributed by atoms with Crippen molar-refractivity contribution >= 4 is 29.2 Å². The Morgan fingerprint density at radius 2 is 2.38 bits per heavy atom. The fourth-order valence-electron chi connectivity index (χ4n) is 1.85. The Morgan fingerprint density at radius 1 is 1.56 bits per heavy atom. The summed E-state index contributed by atoms with van der Waals surface area (Å²) in [6.45, 7) is 5.18. The minimum atomic E-state index is 0.337. The zero-order valence-corrected chi connectivity index (χ0v) is 11.2. The lowest BCUT2D eigenvalue weighted by atomic mass is 10.1. The second-order valence-electron chi connectivity index (χ2n) is 4.39. The van der Waals surface area contributed by atoms with Crippen molar-refractivity contribution in [2.24, 2.45) is 0 Å². The van der Waals surface area contributed by atoms with Crippen molar-refractivity contribution in [1.82, 2.24) is 9.97 Å². The standard InChI is InChI=1S/C11H16ClN3S/c1-8-9(12)14-7-15-10(8)13-6-11(2)4-3-5-16-11/h7H,3-6H2,1-2H3,(H,13,14,15). The Morgan fingerprint density at radius 3 is 3.06 bits per heavy atom. The lowest BCUT2D eigenvalue weighted by Crippen LogP contribution is -2.27. The van der Waals surface area contributed by atoms with Crippen molar-refractivity contribution in [2.45, 2.75) is 31.4 Å². The third-order valence-corrected chi connectivity index (χ3v) is 4.87. The molecule has 3 nitrogen and oxygen atoms in total.